The Morgan fingerprint density at radius 1 is 1.00 bits per heavy atom. The summed E-state index contributed by atoms with van der Waals surface area (Å²) in [5.74, 6) is 0.816. The van der Waals surface area contributed by atoms with E-state index in [4.69, 9.17) is 18.8 Å². The molecule has 0 aliphatic carbocycles. The summed E-state index contributed by atoms with van der Waals surface area (Å²) in [5.41, 5.74) is 1.44. The zero-order valence-electron chi connectivity index (χ0n) is 13.9. The summed E-state index contributed by atoms with van der Waals surface area (Å²) >= 11 is 0. The molecule has 1 aliphatic heterocycles. The molecule has 0 N–H and O–H groups in total. The van der Waals surface area contributed by atoms with E-state index in [9.17, 15) is 0 Å². The first-order chi connectivity index (χ1) is 9.75. The maximum Gasteiger partial charge on any atom is 0.494 e. The summed E-state index contributed by atoms with van der Waals surface area (Å²) < 4.78 is 22.9. The highest BCUT2D eigenvalue weighted by Crippen LogP contribution is 2.36. The van der Waals surface area contributed by atoms with Gasteiger partial charge >= 0.3 is 7.12 Å². The van der Waals surface area contributed by atoms with Crippen LogP contribution in [0.4, 0.5) is 0 Å². The largest absolute Gasteiger partial charge is 0.494 e. The molecule has 0 saturated carbocycles. The molecule has 116 valence electrons. The van der Waals surface area contributed by atoms with Gasteiger partial charge in [-0.2, -0.15) is 0 Å². The fourth-order valence-corrected chi connectivity index (χ4v) is 2.22. The van der Waals surface area contributed by atoms with Crippen LogP contribution in [0, 0.1) is 6.92 Å². The minimum Gasteiger partial charge on any atom is -0.491 e. The van der Waals surface area contributed by atoms with Crippen molar-refractivity contribution in [1.29, 1.82) is 0 Å². The standard InChI is InChI=1S/C16H25BO4/c1-12-9-13(11-14(10-12)19-8-7-18-6)17-20-15(2,3)16(4,5)21-17/h9-11H,7-8H2,1-6H3. The molecule has 1 fully saturated rings. The third-order valence-corrected chi connectivity index (χ3v) is 4.15. The van der Waals surface area contributed by atoms with Crippen molar-refractivity contribution in [2.75, 3.05) is 20.3 Å². The second-order valence-corrected chi connectivity index (χ2v) is 6.51. The molecule has 0 radical (unpaired) electrons. The molecule has 0 atom stereocenters. The van der Waals surface area contributed by atoms with Crippen LogP contribution in [0.15, 0.2) is 18.2 Å². The summed E-state index contributed by atoms with van der Waals surface area (Å²) in [7, 11) is 1.30. The molecule has 1 aromatic carbocycles. The third-order valence-electron chi connectivity index (χ3n) is 4.15. The molecule has 1 aromatic rings. The minimum absolute atomic E-state index is 0.335. The molecule has 0 bridgehead atoms. The van der Waals surface area contributed by atoms with E-state index in [1.165, 1.54) is 0 Å². The summed E-state index contributed by atoms with van der Waals surface area (Å²) in [6.45, 7) is 11.4. The van der Waals surface area contributed by atoms with Crippen LogP contribution in [0.5, 0.6) is 5.75 Å². The fourth-order valence-electron chi connectivity index (χ4n) is 2.22. The van der Waals surface area contributed by atoms with Crippen molar-refractivity contribution in [3.8, 4) is 5.75 Å². The molecule has 4 nitrogen and oxygen atoms in total. The van der Waals surface area contributed by atoms with Gasteiger partial charge in [-0.05, 0) is 57.8 Å². The van der Waals surface area contributed by atoms with Crippen molar-refractivity contribution in [1.82, 2.24) is 0 Å². The second-order valence-electron chi connectivity index (χ2n) is 6.51. The maximum absolute atomic E-state index is 6.08. The number of hydrogen-bond acceptors (Lipinski definition) is 4. The Bertz CT molecular complexity index is 483. The third kappa shape index (κ3) is 3.60. The number of hydrogen-bond donors (Lipinski definition) is 0. The van der Waals surface area contributed by atoms with Crippen molar-refractivity contribution in [3.63, 3.8) is 0 Å². The van der Waals surface area contributed by atoms with Gasteiger partial charge < -0.3 is 18.8 Å². The van der Waals surface area contributed by atoms with E-state index >= 15 is 0 Å². The Hall–Kier alpha value is -1.04. The van der Waals surface area contributed by atoms with Crippen LogP contribution in [-0.2, 0) is 14.0 Å². The molecule has 1 saturated heterocycles. The summed E-state index contributed by atoms with van der Waals surface area (Å²) in [4.78, 5) is 0. The lowest BCUT2D eigenvalue weighted by atomic mass is 9.78. The van der Waals surface area contributed by atoms with Gasteiger partial charge in [0.15, 0.2) is 0 Å². The molecule has 0 aromatic heterocycles. The fraction of sp³-hybridized carbons (Fsp3) is 0.625. The molecule has 0 amide bonds. The molecular weight excluding hydrogens is 267 g/mol. The van der Waals surface area contributed by atoms with E-state index in [0.29, 0.717) is 13.2 Å². The molecule has 5 heteroatoms. The highest BCUT2D eigenvalue weighted by Gasteiger charge is 2.51. The number of methoxy groups -OCH3 is 1. The predicted molar refractivity (Wildman–Crippen MR) is 84.3 cm³/mol. The van der Waals surface area contributed by atoms with Gasteiger partial charge in [0.1, 0.15) is 12.4 Å². The van der Waals surface area contributed by atoms with E-state index in [-0.39, 0.29) is 18.3 Å². The monoisotopic (exact) mass is 292 g/mol. The molecule has 1 heterocycles. The molecule has 1 aliphatic rings. The zero-order valence-corrected chi connectivity index (χ0v) is 13.9. The molecule has 0 spiro atoms. The first-order valence-corrected chi connectivity index (χ1v) is 7.34. The lowest BCUT2D eigenvalue weighted by Crippen LogP contribution is -2.41. The van der Waals surface area contributed by atoms with Crippen molar-refractivity contribution in [2.45, 2.75) is 45.8 Å². The lowest BCUT2D eigenvalue weighted by Gasteiger charge is -2.32. The first-order valence-electron chi connectivity index (χ1n) is 7.34. The summed E-state index contributed by atoms with van der Waals surface area (Å²) in [6, 6.07) is 6.06. The van der Waals surface area contributed by atoms with Crippen molar-refractivity contribution in [3.05, 3.63) is 23.8 Å². The van der Waals surface area contributed by atoms with E-state index in [0.717, 1.165) is 16.8 Å². The van der Waals surface area contributed by atoms with Crippen LogP contribution < -0.4 is 10.2 Å². The van der Waals surface area contributed by atoms with Gasteiger partial charge in [-0.15, -0.1) is 0 Å². The smallest absolute Gasteiger partial charge is 0.491 e. The first kappa shape index (κ1) is 16.3. The highest BCUT2D eigenvalue weighted by molar-refractivity contribution is 6.62. The van der Waals surface area contributed by atoms with Gasteiger partial charge in [0.05, 0.1) is 17.8 Å². The molecular formula is C16H25BO4. The number of ether oxygens (including phenoxy) is 2. The molecule has 0 unspecified atom stereocenters. The summed E-state index contributed by atoms with van der Waals surface area (Å²) in [6.07, 6.45) is 0. The maximum atomic E-state index is 6.08. The van der Waals surface area contributed by atoms with Gasteiger partial charge in [-0.1, -0.05) is 6.07 Å². The van der Waals surface area contributed by atoms with Crippen molar-refractivity contribution >= 4 is 12.6 Å². The average molecular weight is 292 g/mol. The quantitative estimate of drug-likeness (QED) is 0.616. The van der Waals surface area contributed by atoms with Gasteiger partial charge in [-0.25, -0.2) is 0 Å². The van der Waals surface area contributed by atoms with E-state index in [2.05, 4.69) is 33.8 Å². The zero-order chi connectivity index (χ0) is 15.7. The number of rotatable bonds is 5. The van der Waals surface area contributed by atoms with Gasteiger partial charge in [-0.3, -0.25) is 0 Å². The average Bonchev–Trinajstić information content (AvgIpc) is 2.58. The van der Waals surface area contributed by atoms with Crippen molar-refractivity contribution < 1.29 is 18.8 Å². The Kier molecular flexibility index (Phi) is 4.66. The van der Waals surface area contributed by atoms with Crippen LogP contribution in [0.3, 0.4) is 0 Å². The topological polar surface area (TPSA) is 36.9 Å². The van der Waals surface area contributed by atoms with Crippen LogP contribution >= 0.6 is 0 Å². The summed E-state index contributed by atoms with van der Waals surface area (Å²) in [5, 5.41) is 0. The lowest BCUT2D eigenvalue weighted by molar-refractivity contribution is 0.00578. The van der Waals surface area contributed by atoms with E-state index < -0.39 is 0 Å². The van der Waals surface area contributed by atoms with Gasteiger partial charge in [0.25, 0.3) is 0 Å². The SMILES string of the molecule is COCCOc1cc(C)cc(B2OC(C)(C)C(C)(C)O2)c1. The molecule has 21 heavy (non-hydrogen) atoms. The Labute approximate surface area is 127 Å². The number of benzene rings is 1. The Morgan fingerprint density at radius 2 is 1.62 bits per heavy atom. The van der Waals surface area contributed by atoms with E-state index in [1.807, 2.05) is 19.1 Å². The van der Waals surface area contributed by atoms with Crippen LogP contribution in [-0.4, -0.2) is 38.6 Å². The Balaban J connectivity index is 2.17. The van der Waals surface area contributed by atoms with Gasteiger partial charge in [0.2, 0.25) is 0 Å². The minimum atomic E-state index is -0.361. The predicted octanol–water partition coefficient (Wildman–Crippen LogP) is 2.32. The molecule has 2 rings (SSSR count). The van der Waals surface area contributed by atoms with Crippen molar-refractivity contribution in [2.24, 2.45) is 0 Å². The van der Waals surface area contributed by atoms with E-state index in [1.54, 1.807) is 7.11 Å². The van der Waals surface area contributed by atoms with Gasteiger partial charge in [0, 0.05) is 7.11 Å². The second kappa shape index (κ2) is 5.99. The Morgan fingerprint density at radius 3 is 2.19 bits per heavy atom. The van der Waals surface area contributed by atoms with Crippen LogP contribution in [0.1, 0.15) is 33.3 Å². The van der Waals surface area contributed by atoms with Crippen LogP contribution in [0.25, 0.3) is 0 Å². The number of aryl methyl sites for hydroxylation is 1. The highest BCUT2D eigenvalue weighted by atomic mass is 16.7. The normalized spacial score (nSPS) is 19.8. The van der Waals surface area contributed by atoms with Crippen LogP contribution in [0.2, 0.25) is 0 Å².